The molecule has 0 radical (unpaired) electrons. The summed E-state index contributed by atoms with van der Waals surface area (Å²) in [4.78, 5) is 14.4. The Morgan fingerprint density at radius 3 is 3.00 bits per heavy atom. The van der Waals surface area contributed by atoms with Gasteiger partial charge in [0.2, 0.25) is 0 Å². The highest BCUT2D eigenvalue weighted by Crippen LogP contribution is 2.29. The number of hydrogen-bond acceptors (Lipinski definition) is 4. The molecule has 0 saturated carbocycles. The highest BCUT2D eigenvalue weighted by Gasteiger charge is 2.18. The van der Waals surface area contributed by atoms with E-state index < -0.39 is 0 Å². The van der Waals surface area contributed by atoms with Crippen LogP contribution in [0.15, 0.2) is 17.3 Å². The van der Waals surface area contributed by atoms with Gasteiger partial charge in [0.15, 0.2) is 5.03 Å². The molecule has 1 rings (SSSR count). The highest BCUT2D eigenvalue weighted by molar-refractivity contribution is 7.99. The van der Waals surface area contributed by atoms with Crippen molar-refractivity contribution in [2.45, 2.75) is 18.4 Å². The Morgan fingerprint density at radius 2 is 2.40 bits per heavy atom. The maximum atomic E-state index is 10.8. The minimum atomic E-state index is -0.384. The van der Waals surface area contributed by atoms with Crippen LogP contribution in [0.4, 0.5) is 5.69 Å². The quantitative estimate of drug-likeness (QED) is 0.263. The summed E-state index contributed by atoms with van der Waals surface area (Å²) in [6.07, 6.45) is 2.41. The van der Waals surface area contributed by atoms with E-state index in [2.05, 4.69) is 4.98 Å². The second-order valence-electron chi connectivity index (χ2n) is 2.93. The molecule has 15 heavy (non-hydrogen) atoms. The van der Waals surface area contributed by atoms with Gasteiger partial charge in [-0.3, -0.25) is 10.1 Å². The predicted octanol–water partition coefficient (Wildman–Crippen LogP) is 3.02. The molecule has 1 heterocycles. The average molecular weight is 247 g/mol. The Hall–Kier alpha value is -0.810. The molecular formula is C9H11ClN2O2S. The van der Waals surface area contributed by atoms with Crippen molar-refractivity contribution in [3.63, 3.8) is 0 Å². The zero-order chi connectivity index (χ0) is 11.3. The molecule has 0 N–H and O–H groups in total. The second kappa shape index (κ2) is 5.92. The van der Waals surface area contributed by atoms with E-state index >= 15 is 0 Å². The fraction of sp³-hybridized carbons (Fsp3) is 0.444. The van der Waals surface area contributed by atoms with E-state index in [1.165, 1.54) is 11.8 Å². The first-order valence-electron chi connectivity index (χ1n) is 4.45. The molecule has 6 heteroatoms. The minimum absolute atomic E-state index is 0.108. The van der Waals surface area contributed by atoms with Gasteiger partial charge in [0, 0.05) is 23.4 Å². The fourth-order valence-electron chi connectivity index (χ4n) is 1.08. The third-order valence-electron chi connectivity index (χ3n) is 1.79. The summed E-state index contributed by atoms with van der Waals surface area (Å²) in [5, 5.41) is 11.3. The topological polar surface area (TPSA) is 56.0 Å². The number of hydrogen-bond donors (Lipinski definition) is 0. The molecule has 0 aromatic carbocycles. The van der Waals surface area contributed by atoms with Crippen molar-refractivity contribution in [2.24, 2.45) is 0 Å². The van der Waals surface area contributed by atoms with Gasteiger partial charge in [-0.1, -0.05) is 11.8 Å². The molecule has 0 aliphatic carbocycles. The van der Waals surface area contributed by atoms with Crippen molar-refractivity contribution < 1.29 is 4.92 Å². The Bertz CT molecular complexity index is 360. The van der Waals surface area contributed by atoms with Gasteiger partial charge >= 0.3 is 5.69 Å². The molecule has 0 unspecified atom stereocenters. The first-order valence-corrected chi connectivity index (χ1v) is 5.97. The average Bonchev–Trinajstić information content (AvgIpc) is 2.17. The Morgan fingerprint density at radius 1 is 1.67 bits per heavy atom. The first kappa shape index (κ1) is 12.3. The van der Waals surface area contributed by atoms with Crippen molar-refractivity contribution in [3.05, 3.63) is 27.9 Å². The van der Waals surface area contributed by atoms with Crippen LogP contribution in [0.5, 0.6) is 0 Å². The number of thioether (sulfide) groups is 1. The molecule has 0 bridgehead atoms. The third-order valence-corrected chi connectivity index (χ3v) is 3.12. The molecule has 1 aromatic heterocycles. The van der Waals surface area contributed by atoms with Crippen LogP contribution in [-0.4, -0.2) is 21.5 Å². The van der Waals surface area contributed by atoms with E-state index in [1.54, 1.807) is 19.2 Å². The van der Waals surface area contributed by atoms with Crippen LogP contribution in [0.1, 0.15) is 12.0 Å². The molecule has 82 valence electrons. The van der Waals surface area contributed by atoms with Gasteiger partial charge in [-0.25, -0.2) is 4.98 Å². The molecular weight excluding hydrogens is 236 g/mol. The van der Waals surface area contributed by atoms with Crippen LogP contribution in [-0.2, 0) is 0 Å². The largest absolute Gasteiger partial charge is 0.304 e. The number of nitrogens with zero attached hydrogens (tertiary/aromatic N) is 2. The predicted molar refractivity (Wildman–Crippen MR) is 61.7 cm³/mol. The van der Waals surface area contributed by atoms with E-state index in [0.717, 1.165) is 12.2 Å². The Labute approximate surface area is 97.2 Å². The van der Waals surface area contributed by atoms with E-state index in [-0.39, 0.29) is 10.6 Å². The fourth-order valence-corrected chi connectivity index (χ4v) is 2.36. The summed E-state index contributed by atoms with van der Waals surface area (Å²) in [6.45, 7) is 1.71. The number of halogens is 1. The lowest BCUT2D eigenvalue weighted by Crippen LogP contribution is -1.97. The van der Waals surface area contributed by atoms with Crippen LogP contribution in [0.2, 0.25) is 0 Å². The molecule has 0 saturated heterocycles. The Kier molecular flexibility index (Phi) is 4.84. The molecule has 4 nitrogen and oxygen atoms in total. The lowest BCUT2D eigenvalue weighted by Gasteiger charge is -2.02. The smallest absolute Gasteiger partial charge is 0.258 e. The molecule has 0 aliphatic heterocycles. The molecule has 0 spiro atoms. The molecule has 0 aliphatic rings. The van der Waals surface area contributed by atoms with Gasteiger partial charge in [0.05, 0.1) is 4.92 Å². The van der Waals surface area contributed by atoms with Gasteiger partial charge in [0.25, 0.3) is 0 Å². The number of nitro groups is 1. The summed E-state index contributed by atoms with van der Waals surface area (Å²) in [6, 6.07) is 1.64. The lowest BCUT2D eigenvalue weighted by molar-refractivity contribution is -0.388. The van der Waals surface area contributed by atoms with Crippen molar-refractivity contribution in [1.29, 1.82) is 0 Å². The maximum absolute atomic E-state index is 10.8. The SMILES string of the molecule is Cc1ccnc(SCCCCl)c1[N+](=O)[O-]. The Balaban J connectivity index is 2.86. The summed E-state index contributed by atoms with van der Waals surface area (Å²) >= 11 is 6.91. The summed E-state index contributed by atoms with van der Waals surface area (Å²) < 4.78 is 0. The first-order chi connectivity index (χ1) is 7.16. The van der Waals surface area contributed by atoms with Crippen molar-refractivity contribution in [3.8, 4) is 0 Å². The normalized spacial score (nSPS) is 10.3. The number of pyridine rings is 1. The van der Waals surface area contributed by atoms with E-state index in [0.29, 0.717) is 16.5 Å². The minimum Gasteiger partial charge on any atom is -0.258 e. The zero-order valence-electron chi connectivity index (χ0n) is 8.27. The number of alkyl halides is 1. The zero-order valence-corrected chi connectivity index (χ0v) is 9.85. The van der Waals surface area contributed by atoms with Crippen molar-refractivity contribution >= 4 is 29.1 Å². The van der Waals surface area contributed by atoms with Gasteiger partial charge in [-0.05, 0) is 19.4 Å². The van der Waals surface area contributed by atoms with Gasteiger partial charge in [-0.15, -0.1) is 11.6 Å². The highest BCUT2D eigenvalue weighted by atomic mass is 35.5. The molecule has 0 fully saturated rings. The van der Waals surface area contributed by atoms with Crippen LogP contribution < -0.4 is 0 Å². The molecule has 1 aromatic rings. The van der Waals surface area contributed by atoms with E-state index in [1.807, 2.05) is 0 Å². The summed E-state index contributed by atoms with van der Waals surface area (Å²) in [5.74, 6) is 1.31. The van der Waals surface area contributed by atoms with Crippen molar-refractivity contribution in [2.75, 3.05) is 11.6 Å². The van der Waals surface area contributed by atoms with Gasteiger partial charge < -0.3 is 0 Å². The molecule has 0 atom stereocenters. The third kappa shape index (κ3) is 3.35. The van der Waals surface area contributed by atoms with Crippen LogP contribution in [0.25, 0.3) is 0 Å². The number of rotatable bonds is 5. The van der Waals surface area contributed by atoms with E-state index in [4.69, 9.17) is 11.6 Å². The second-order valence-corrected chi connectivity index (χ2v) is 4.39. The monoisotopic (exact) mass is 246 g/mol. The standard InChI is InChI=1S/C9H11ClN2O2S/c1-7-3-5-11-9(8(7)12(13)14)15-6-2-4-10/h3,5H,2,4,6H2,1H3. The summed E-state index contributed by atoms with van der Waals surface area (Å²) in [7, 11) is 0. The maximum Gasteiger partial charge on any atom is 0.304 e. The van der Waals surface area contributed by atoms with Gasteiger partial charge in [-0.2, -0.15) is 0 Å². The van der Waals surface area contributed by atoms with Crippen LogP contribution in [0.3, 0.4) is 0 Å². The molecule has 0 amide bonds. The van der Waals surface area contributed by atoms with E-state index in [9.17, 15) is 10.1 Å². The van der Waals surface area contributed by atoms with Crippen LogP contribution in [0, 0.1) is 17.0 Å². The number of aromatic nitrogens is 1. The number of aryl methyl sites for hydroxylation is 1. The van der Waals surface area contributed by atoms with Crippen LogP contribution >= 0.6 is 23.4 Å². The van der Waals surface area contributed by atoms with Crippen molar-refractivity contribution in [1.82, 2.24) is 4.98 Å². The summed E-state index contributed by atoms with van der Waals surface area (Å²) in [5.41, 5.74) is 0.750. The van der Waals surface area contributed by atoms with Gasteiger partial charge in [0.1, 0.15) is 0 Å². The lowest BCUT2D eigenvalue weighted by atomic mass is 10.3.